The Morgan fingerprint density at radius 3 is 1.92 bits per heavy atom. The molecule has 0 saturated carbocycles. The summed E-state index contributed by atoms with van der Waals surface area (Å²) in [7, 11) is 0. The van der Waals surface area contributed by atoms with Crippen LogP contribution in [0.1, 0.15) is 65.9 Å². The highest BCUT2D eigenvalue weighted by atomic mass is 16.2. The molecule has 2 heterocycles. The van der Waals surface area contributed by atoms with Crippen molar-refractivity contribution in [1.29, 1.82) is 0 Å². The van der Waals surface area contributed by atoms with E-state index in [1.165, 1.54) is 5.69 Å². The van der Waals surface area contributed by atoms with Crippen LogP contribution in [0.4, 0.5) is 5.69 Å². The Bertz CT molecular complexity index is 508. The lowest BCUT2D eigenvalue weighted by Crippen LogP contribution is -2.43. The fraction of sp³-hybridized carbons (Fsp3) is 0.619. The van der Waals surface area contributed by atoms with E-state index in [1.807, 2.05) is 53.7 Å². The van der Waals surface area contributed by atoms with Crippen molar-refractivity contribution in [2.24, 2.45) is 0 Å². The first-order valence-electron chi connectivity index (χ1n) is 10.1. The maximum Gasteiger partial charge on any atom is 0.234 e. The van der Waals surface area contributed by atoms with E-state index in [-0.39, 0.29) is 17.7 Å². The Hall–Kier alpha value is -1.88. The largest absolute Gasteiger partial charge is 0.369 e. The highest BCUT2D eigenvalue weighted by Crippen LogP contribution is 2.26. The number of piperazine rings is 1. The van der Waals surface area contributed by atoms with Gasteiger partial charge in [-0.15, -0.1) is 0 Å². The van der Waals surface area contributed by atoms with Crippen molar-refractivity contribution in [2.45, 2.75) is 60.3 Å². The van der Waals surface area contributed by atoms with E-state index in [2.05, 4.69) is 27.7 Å². The second-order valence-corrected chi connectivity index (χ2v) is 5.33. The molecule has 2 saturated heterocycles. The number of hydrogen-bond donors (Lipinski definition) is 2. The van der Waals surface area contributed by atoms with E-state index in [9.17, 15) is 9.59 Å². The lowest BCUT2D eigenvalue weighted by Gasteiger charge is -2.30. The molecule has 5 heteroatoms. The first-order chi connectivity index (χ1) is 12.7. The van der Waals surface area contributed by atoms with Crippen LogP contribution in [0.3, 0.4) is 0 Å². The number of benzene rings is 1. The van der Waals surface area contributed by atoms with Gasteiger partial charge in [0, 0.05) is 38.3 Å². The van der Waals surface area contributed by atoms with Crippen molar-refractivity contribution >= 4 is 17.5 Å². The quantitative estimate of drug-likeness (QED) is 0.787. The van der Waals surface area contributed by atoms with Gasteiger partial charge >= 0.3 is 0 Å². The minimum atomic E-state index is -0.190. The van der Waals surface area contributed by atoms with E-state index >= 15 is 0 Å². The number of imide groups is 1. The maximum absolute atomic E-state index is 11.8. The van der Waals surface area contributed by atoms with E-state index in [0.717, 1.165) is 31.7 Å². The number of nitrogens with one attached hydrogen (secondary N) is 2. The number of amides is 2. The zero-order valence-electron chi connectivity index (χ0n) is 17.4. The minimum Gasteiger partial charge on any atom is -0.369 e. The van der Waals surface area contributed by atoms with Crippen LogP contribution in [0.25, 0.3) is 0 Å². The summed E-state index contributed by atoms with van der Waals surface area (Å²) in [5, 5.41) is 5.74. The molecule has 1 aromatic carbocycles. The zero-order chi connectivity index (χ0) is 19.9. The molecule has 2 fully saturated rings. The molecular weight excluding hydrogens is 326 g/mol. The summed E-state index contributed by atoms with van der Waals surface area (Å²) < 4.78 is 0. The average Bonchev–Trinajstić information content (AvgIpc) is 2.73. The van der Waals surface area contributed by atoms with E-state index in [1.54, 1.807) is 0 Å². The van der Waals surface area contributed by atoms with Crippen LogP contribution < -0.4 is 15.5 Å². The van der Waals surface area contributed by atoms with Gasteiger partial charge in [-0.05, 0) is 24.1 Å². The summed E-state index contributed by atoms with van der Waals surface area (Å²) in [6, 6.07) is 8.17. The molecule has 0 aromatic heterocycles. The summed E-state index contributed by atoms with van der Waals surface area (Å²) in [6.07, 6.45) is 1.04. The molecule has 3 rings (SSSR count). The predicted octanol–water partition coefficient (Wildman–Crippen LogP) is 3.70. The predicted molar refractivity (Wildman–Crippen MR) is 111 cm³/mol. The van der Waals surface area contributed by atoms with Gasteiger partial charge in [0.1, 0.15) is 0 Å². The van der Waals surface area contributed by atoms with Gasteiger partial charge in [-0.25, -0.2) is 0 Å². The van der Waals surface area contributed by atoms with Gasteiger partial charge in [0.05, 0.1) is 5.92 Å². The smallest absolute Gasteiger partial charge is 0.234 e. The second-order valence-electron chi connectivity index (χ2n) is 5.33. The average molecular weight is 364 g/mol. The normalized spacial score (nSPS) is 18.8. The second kappa shape index (κ2) is 14.3. The first-order valence-corrected chi connectivity index (χ1v) is 10.1. The topological polar surface area (TPSA) is 61.4 Å². The number of piperidine rings is 1. The van der Waals surface area contributed by atoms with Crippen LogP contribution in [0.15, 0.2) is 24.3 Å². The van der Waals surface area contributed by atoms with Gasteiger partial charge in [0.25, 0.3) is 0 Å². The van der Waals surface area contributed by atoms with Crippen molar-refractivity contribution in [3.8, 4) is 0 Å². The molecule has 0 radical (unpaired) electrons. The zero-order valence-corrected chi connectivity index (χ0v) is 17.4. The molecule has 2 amide bonds. The minimum absolute atomic E-state index is 0.163. The molecule has 26 heavy (non-hydrogen) atoms. The number of hydrogen-bond acceptors (Lipinski definition) is 4. The summed E-state index contributed by atoms with van der Waals surface area (Å²) in [6.45, 7) is 16.0. The highest BCUT2D eigenvalue weighted by molar-refractivity contribution is 6.00. The van der Waals surface area contributed by atoms with Crippen molar-refractivity contribution < 1.29 is 9.59 Å². The molecule has 2 aliphatic heterocycles. The van der Waals surface area contributed by atoms with Gasteiger partial charge in [-0.3, -0.25) is 14.9 Å². The van der Waals surface area contributed by atoms with Gasteiger partial charge in [-0.2, -0.15) is 0 Å². The standard InChI is InChI=1S/C15H19N3O2.3C2H6/c19-14-6-5-13(15(20)17-14)11-1-3-12(4-2-11)18-9-7-16-8-10-18;3*1-2/h1-4,13,16H,5-10H2,(H,17,19,20);3*1-2H3. The van der Waals surface area contributed by atoms with Crippen molar-refractivity contribution in [2.75, 3.05) is 31.1 Å². The third-order valence-electron chi connectivity index (χ3n) is 4.02. The van der Waals surface area contributed by atoms with Crippen molar-refractivity contribution in [3.63, 3.8) is 0 Å². The maximum atomic E-state index is 11.8. The molecule has 2 aliphatic rings. The van der Waals surface area contributed by atoms with Crippen LogP contribution in [0, 0.1) is 0 Å². The highest BCUT2D eigenvalue weighted by Gasteiger charge is 2.27. The molecule has 1 atom stereocenters. The van der Waals surface area contributed by atoms with Gasteiger partial charge < -0.3 is 10.2 Å². The molecule has 1 aromatic rings. The number of carbonyl (C=O) groups excluding carboxylic acids is 2. The van der Waals surface area contributed by atoms with Crippen molar-refractivity contribution in [3.05, 3.63) is 29.8 Å². The van der Waals surface area contributed by atoms with E-state index in [4.69, 9.17) is 0 Å². The Morgan fingerprint density at radius 2 is 1.42 bits per heavy atom. The summed E-state index contributed by atoms with van der Waals surface area (Å²) in [4.78, 5) is 25.3. The van der Waals surface area contributed by atoms with E-state index in [0.29, 0.717) is 12.8 Å². The lowest BCUT2D eigenvalue weighted by molar-refractivity contribution is -0.134. The number of rotatable bonds is 2. The SMILES string of the molecule is CC.CC.CC.O=C1CCC(c2ccc(N3CCNCC3)cc2)C(=O)N1. The van der Waals surface area contributed by atoms with Crippen molar-refractivity contribution in [1.82, 2.24) is 10.6 Å². The Labute approximate surface area is 159 Å². The fourth-order valence-corrected chi connectivity index (χ4v) is 2.85. The van der Waals surface area contributed by atoms with Crippen LogP contribution in [-0.4, -0.2) is 38.0 Å². The van der Waals surface area contributed by atoms with Gasteiger partial charge in [0.15, 0.2) is 0 Å². The number of anilines is 1. The molecule has 0 bridgehead atoms. The monoisotopic (exact) mass is 363 g/mol. The van der Waals surface area contributed by atoms with E-state index < -0.39 is 0 Å². The van der Waals surface area contributed by atoms with Gasteiger partial charge in [-0.1, -0.05) is 53.7 Å². The number of carbonyl (C=O) groups is 2. The molecule has 148 valence electrons. The first kappa shape index (κ1) is 24.1. The third kappa shape index (κ3) is 7.16. The van der Waals surface area contributed by atoms with Crippen LogP contribution in [-0.2, 0) is 9.59 Å². The van der Waals surface area contributed by atoms with Crippen LogP contribution in [0.5, 0.6) is 0 Å². The summed E-state index contributed by atoms with van der Waals surface area (Å²) >= 11 is 0. The molecule has 1 unspecified atom stereocenters. The number of nitrogens with zero attached hydrogens (tertiary/aromatic N) is 1. The molecule has 5 nitrogen and oxygen atoms in total. The Kier molecular flexibility index (Phi) is 13.3. The van der Waals surface area contributed by atoms with Crippen LogP contribution >= 0.6 is 0 Å². The van der Waals surface area contributed by atoms with Gasteiger partial charge in [0.2, 0.25) is 11.8 Å². The Morgan fingerprint density at radius 1 is 0.885 bits per heavy atom. The fourth-order valence-electron chi connectivity index (χ4n) is 2.85. The summed E-state index contributed by atoms with van der Waals surface area (Å²) in [5.74, 6) is -0.523. The Balaban J connectivity index is 0.000000948. The molecular formula is C21H37N3O2. The van der Waals surface area contributed by atoms with Crippen LogP contribution in [0.2, 0.25) is 0 Å². The molecule has 0 spiro atoms. The summed E-state index contributed by atoms with van der Waals surface area (Å²) in [5.41, 5.74) is 2.19. The lowest BCUT2D eigenvalue weighted by atomic mass is 9.90. The third-order valence-corrected chi connectivity index (χ3v) is 4.02. The molecule has 2 N–H and O–H groups in total. The molecule has 0 aliphatic carbocycles.